The van der Waals surface area contributed by atoms with Gasteiger partial charge < -0.3 is 0 Å². The van der Waals surface area contributed by atoms with Crippen molar-refractivity contribution >= 4 is 0 Å². The van der Waals surface area contributed by atoms with E-state index >= 15 is 0 Å². The van der Waals surface area contributed by atoms with Gasteiger partial charge in [-0.2, -0.15) is 0 Å². The zero-order valence-corrected chi connectivity index (χ0v) is 3.36. The molecule has 1 radical (unpaired) electrons. The highest BCUT2D eigenvalue weighted by Gasteiger charge is 2.36. The van der Waals surface area contributed by atoms with Crippen LogP contribution < -0.4 is 0 Å². The molecule has 1 aliphatic rings. The lowest BCUT2D eigenvalue weighted by molar-refractivity contribution is -0.335. The van der Waals surface area contributed by atoms with Gasteiger partial charge in [0.15, 0.2) is 0 Å². The van der Waals surface area contributed by atoms with E-state index in [0.29, 0.717) is 0 Å². The molecular weight excluding hydrogens is 106 g/mol. The Morgan fingerprint density at radius 1 is 1.57 bits per heavy atom. The van der Waals surface area contributed by atoms with E-state index in [4.69, 9.17) is 0 Å². The molecule has 4 heteroatoms. The quantitative estimate of drug-likeness (QED) is 0.456. The second kappa shape index (κ2) is 1.38. The van der Waals surface area contributed by atoms with Crippen LogP contribution in [-0.4, -0.2) is 12.9 Å². The second-order valence-electron chi connectivity index (χ2n) is 1.06. The van der Waals surface area contributed by atoms with E-state index in [1.807, 2.05) is 0 Å². The molecule has 1 rings (SSSR count). The maximum absolute atomic E-state index is 11.5. The van der Waals surface area contributed by atoms with Crippen molar-refractivity contribution in [3.63, 3.8) is 0 Å². The Morgan fingerprint density at radius 2 is 2.29 bits per heavy atom. The van der Waals surface area contributed by atoms with Gasteiger partial charge in [0.05, 0.1) is 6.61 Å². The summed E-state index contributed by atoms with van der Waals surface area (Å²) >= 11 is 0. The van der Waals surface area contributed by atoms with E-state index in [-0.39, 0.29) is 6.61 Å². The van der Waals surface area contributed by atoms with Crippen LogP contribution in [0.1, 0.15) is 0 Å². The highest BCUT2D eigenvalue weighted by atomic mass is 19.3. The minimum Gasteiger partial charge on any atom is -0.293 e. The predicted molar refractivity (Wildman–Crippen MR) is 16.3 cm³/mol. The first-order valence-electron chi connectivity index (χ1n) is 1.72. The fourth-order valence-corrected chi connectivity index (χ4v) is 0.296. The fraction of sp³-hybridized carbons (Fsp3) is 0.667. The van der Waals surface area contributed by atoms with Gasteiger partial charge in [-0.25, -0.2) is 0 Å². The molecule has 1 fully saturated rings. The van der Waals surface area contributed by atoms with Gasteiger partial charge in [0.25, 0.3) is 0 Å². The number of hydrogen-bond acceptors (Lipinski definition) is 2. The van der Waals surface area contributed by atoms with Gasteiger partial charge in [-0.15, -0.1) is 8.78 Å². The Kier molecular flexibility index (Phi) is 0.972. The molecule has 7 heavy (non-hydrogen) atoms. The molecule has 0 spiro atoms. The molecule has 0 amide bonds. The molecule has 0 aromatic rings. The summed E-state index contributed by atoms with van der Waals surface area (Å²) in [5.74, 6) is 0. The number of hydrogen-bond donors (Lipinski definition) is 0. The molecule has 0 atom stereocenters. The zero-order valence-electron chi connectivity index (χ0n) is 3.36. The van der Waals surface area contributed by atoms with Crippen molar-refractivity contribution in [1.82, 2.24) is 0 Å². The van der Waals surface area contributed by atoms with E-state index in [0.717, 1.165) is 6.61 Å². The molecule has 0 N–H and O–H groups in total. The third-order valence-electron chi connectivity index (χ3n) is 0.540. The third-order valence-corrected chi connectivity index (χ3v) is 0.540. The zero-order chi connectivity index (χ0) is 5.33. The van der Waals surface area contributed by atoms with Crippen molar-refractivity contribution in [1.29, 1.82) is 0 Å². The summed E-state index contributed by atoms with van der Waals surface area (Å²) < 4.78 is 30.3. The minimum absolute atomic E-state index is 0.132. The summed E-state index contributed by atoms with van der Waals surface area (Å²) in [6, 6.07) is 0. The van der Waals surface area contributed by atoms with Crippen LogP contribution in [0.15, 0.2) is 0 Å². The Bertz CT molecular complexity index is 65.3. The third kappa shape index (κ3) is 1.07. The number of alkyl halides is 2. The van der Waals surface area contributed by atoms with Crippen LogP contribution in [0.25, 0.3) is 0 Å². The van der Waals surface area contributed by atoms with Crippen LogP contribution in [-0.2, 0) is 9.47 Å². The summed E-state index contributed by atoms with van der Waals surface area (Å²) in [6.45, 7) is 0.785. The van der Waals surface area contributed by atoms with Gasteiger partial charge in [0, 0.05) is 0 Å². The molecule has 2 nitrogen and oxygen atoms in total. The van der Waals surface area contributed by atoms with Crippen LogP contribution in [0.2, 0.25) is 0 Å². The van der Waals surface area contributed by atoms with Crippen LogP contribution in [0, 0.1) is 6.61 Å². The molecular formula is C3H3F2O2. The summed E-state index contributed by atoms with van der Waals surface area (Å²) in [5, 5.41) is 0. The maximum Gasteiger partial charge on any atom is 0.486 e. The normalized spacial score (nSPS) is 28.3. The van der Waals surface area contributed by atoms with Crippen LogP contribution >= 0.6 is 0 Å². The number of rotatable bonds is 0. The Morgan fingerprint density at radius 3 is 2.43 bits per heavy atom. The smallest absolute Gasteiger partial charge is 0.293 e. The van der Waals surface area contributed by atoms with Crippen molar-refractivity contribution in [2.24, 2.45) is 0 Å². The van der Waals surface area contributed by atoms with E-state index in [1.165, 1.54) is 0 Å². The lowest BCUT2D eigenvalue weighted by Gasteiger charge is -2.01. The van der Waals surface area contributed by atoms with Crippen LogP contribution in [0.5, 0.6) is 0 Å². The van der Waals surface area contributed by atoms with E-state index in [9.17, 15) is 8.78 Å². The second-order valence-corrected chi connectivity index (χ2v) is 1.06. The molecule has 0 aromatic heterocycles. The molecule has 1 saturated heterocycles. The number of halogens is 2. The Hall–Kier alpha value is -0.220. The lowest BCUT2D eigenvalue weighted by atomic mass is 10.8. The molecule has 0 saturated carbocycles. The molecule has 1 aliphatic heterocycles. The molecule has 0 aromatic carbocycles. The van der Waals surface area contributed by atoms with Gasteiger partial charge in [-0.05, 0) is 0 Å². The molecule has 41 valence electrons. The van der Waals surface area contributed by atoms with Gasteiger partial charge in [0.1, 0.15) is 6.61 Å². The average molecular weight is 109 g/mol. The summed E-state index contributed by atoms with van der Waals surface area (Å²) in [6.07, 6.45) is -3.36. The molecule has 0 unspecified atom stereocenters. The van der Waals surface area contributed by atoms with Gasteiger partial charge in [-0.1, -0.05) is 0 Å². The highest BCUT2D eigenvalue weighted by Crippen LogP contribution is 2.23. The minimum atomic E-state index is -3.36. The van der Waals surface area contributed by atoms with Crippen molar-refractivity contribution in [2.45, 2.75) is 6.29 Å². The first-order chi connectivity index (χ1) is 3.21. The summed E-state index contributed by atoms with van der Waals surface area (Å²) in [5.41, 5.74) is 0. The van der Waals surface area contributed by atoms with Crippen molar-refractivity contribution in [3.05, 3.63) is 6.61 Å². The van der Waals surface area contributed by atoms with Crippen molar-refractivity contribution in [3.8, 4) is 0 Å². The Labute approximate surface area is 39.0 Å². The summed E-state index contributed by atoms with van der Waals surface area (Å²) in [4.78, 5) is 0. The standard InChI is InChI=1S/C3H3F2O2/c4-3(5)6-1-2-7-3/h1H,2H2. The Balaban J connectivity index is 2.40. The van der Waals surface area contributed by atoms with Gasteiger partial charge >= 0.3 is 6.29 Å². The van der Waals surface area contributed by atoms with E-state index < -0.39 is 6.29 Å². The summed E-state index contributed by atoms with van der Waals surface area (Å²) in [7, 11) is 0. The van der Waals surface area contributed by atoms with Gasteiger partial charge in [-0.3, -0.25) is 9.47 Å². The highest BCUT2D eigenvalue weighted by molar-refractivity contribution is 4.56. The average Bonchev–Trinajstić information content (AvgIpc) is 1.84. The maximum atomic E-state index is 11.5. The van der Waals surface area contributed by atoms with Crippen LogP contribution in [0.4, 0.5) is 8.78 Å². The molecule has 0 bridgehead atoms. The van der Waals surface area contributed by atoms with E-state index in [2.05, 4.69) is 9.47 Å². The van der Waals surface area contributed by atoms with Crippen molar-refractivity contribution < 1.29 is 18.3 Å². The predicted octanol–water partition coefficient (Wildman–Crippen LogP) is 0.745. The van der Waals surface area contributed by atoms with E-state index in [1.54, 1.807) is 0 Å². The fourth-order valence-electron chi connectivity index (χ4n) is 0.296. The largest absolute Gasteiger partial charge is 0.486 e. The molecule has 0 aliphatic carbocycles. The monoisotopic (exact) mass is 109 g/mol. The van der Waals surface area contributed by atoms with Crippen LogP contribution in [0.3, 0.4) is 0 Å². The molecule has 1 heterocycles. The van der Waals surface area contributed by atoms with Gasteiger partial charge in [0.2, 0.25) is 0 Å². The lowest BCUT2D eigenvalue weighted by Crippen LogP contribution is -2.14. The first kappa shape index (κ1) is 4.93. The first-order valence-corrected chi connectivity index (χ1v) is 1.72. The number of ether oxygens (including phenoxy) is 2. The van der Waals surface area contributed by atoms with Crippen molar-refractivity contribution in [2.75, 3.05) is 6.61 Å². The SMILES string of the molecule is FC1(F)O[CH]CO1. The topological polar surface area (TPSA) is 18.5 Å².